The quantitative estimate of drug-likeness (QED) is 0.773. The molecule has 94 valence electrons. The third-order valence-corrected chi connectivity index (χ3v) is 3.57. The Kier molecular flexibility index (Phi) is 5.69. The second-order valence-electron chi connectivity index (χ2n) is 4.06. The van der Waals surface area contributed by atoms with Crippen molar-refractivity contribution in [2.45, 2.75) is 13.0 Å². The van der Waals surface area contributed by atoms with Gasteiger partial charge in [-0.3, -0.25) is 4.79 Å². The lowest BCUT2D eigenvalue weighted by molar-refractivity contribution is 0.0656. The number of hydrogen-bond acceptors (Lipinski definition) is 2. The molecule has 5 heteroatoms. The first-order valence-corrected chi connectivity index (χ1v) is 6.53. The van der Waals surface area contributed by atoms with Gasteiger partial charge >= 0.3 is 0 Å². The number of piperazine rings is 1. The Morgan fingerprint density at radius 3 is 2.65 bits per heavy atom. The standard InChI is InChI=1S/C12H15IN2O.ClH/c1-9-8-14-6-7-15(9)12(16)10-2-4-11(13)5-3-10;/h2-5,9,14H,6-8H2,1H3;1H/t9-;/m1./s1. The summed E-state index contributed by atoms with van der Waals surface area (Å²) in [5, 5.41) is 3.28. The van der Waals surface area contributed by atoms with E-state index in [2.05, 4.69) is 34.8 Å². The fourth-order valence-corrected chi connectivity index (χ4v) is 2.26. The van der Waals surface area contributed by atoms with E-state index in [1.54, 1.807) is 0 Å². The lowest BCUT2D eigenvalue weighted by Crippen LogP contribution is -2.52. The van der Waals surface area contributed by atoms with Gasteiger partial charge < -0.3 is 10.2 Å². The first-order valence-electron chi connectivity index (χ1n) is 5.46. The number of rotatable bonds is 1. The van der Waals surface area contributed by atoms with Gasteiger partial charge in [-0.25, -0.2) is 0 Å². The molecule has 1 aromatic rings. The first kappa shape index (κ1) is 14.7. The van der Waals surface area contributed by atoms with Gasteiger partial charge in [0.15, 0.2) is 0 Å². The van der Waals surface area contributed by atoms with Crippen molar-refractivity contribution in [2.24, 2.45) is 0 Å². The van der Waals surface area contributed by atoms with Gasteiger partial charge in [-0.15, -0.1) is 12.4 Å². The van der Waals surface area contributed by atoms with E-state index in [9.17, 15) is 4.79 Å². The van der Waals surface area contributed by atoms with Crippen LogP contribution in [0.4, 0.5) is 0 Å². The van der Waals surface area contributed by atoms with Crippen LogP contribution in [0.25, 0.3) is 0 Å². The number of carbonyl (C=O) groups excluding carboxylic acids is 1. The summed E-state index contributed by atoms with van der Waals surface area (Å²) in [7, 11) is 0. The molecule has 3 nitrogen and oxygen atoms in total. The Bertz CT molecular complexity index is 383. The minimum atomic E-state index is 0. The van der Waals surface area contributed by atoms with Gasteiger partial charge in [-0.2, -0.15) is 0 Å². The summed E-state index contributed by atoms with van der Waals surface area (Å²) in [6.07, 6.45) is 0. The molecule has 0 bridgehead atoms. The number of amides is 1. The van der Waals surface area contributed by atoms with E-state index in [4.69, 9.17) is 0 Å². The van der Waals surface area contributed by atoms with Crippen molar-refractivity contribution in [3.63, 3.8) is 0 Å². The van der Waals surface area contributed by atoms with Crippen molar-refractivity contribution in [1.82, 2.24) is 10.2 Å². The fraction of sp³-hybridized carbons (Fsp3) is 0.417. The third kappa shape index (κ3) is 3.56. The van der Waals surface area contributed by atoms with Gasteiger partial charge in [0.25, 0.3) is 5.91 Å². The smallest absolute Gasteiger partial charge is 0.254 e. The number of hydrogen-bond donors (Lipinski definition) is 1. The summed E-state index contributed by atoms with van der Waals surface area (Å²) in [6, 6.07) is 8.03. The summed E-state index contributed by atoms with van der Waals surface area (Å²) >= 11 is 2.24. The lowest BCUT2D eigenvalue weighted by Gasteiger charge is -2.34. The average Bonchev–Trinajstić information content (AvgIpc) is 2.30. The van der Waals surface area contributed by atoms with Crippen LogP contribution >= 0.6 is 35.0 Å². The Morgan fingerprint density at radius 1 is 1.41 bits per heavy atom. The van der Waals surface area contributed by atoms with Gasteiger partial charge in [0.1, 0.15) is 0 Å². The van der Waals surface area contributed by atoms with Gasteiger partial charge in [0.2, 0.25) is 0 Å². The molecule has 1 aromatic carbocycles. The van der Waals surface area contributed by atoms with Crippen molar-refractivity contribution < 1.29 is 4.79 Å². The van der Waals surface area contributed by atoms with Gasteiger partial charge in [-0.05, 0) is 53.8 Å². The van der Waals surface area contributed by atoms with E-state index in [0.29, 0.717) is 0 Å². The van der Waals surface area contributed by atoms with E-state index < -0.39 is 0 Å². The van der Waals surface area contributed by atoms with Crippen molar-refractivity contribution in [3.05, 3.63) is 33.4 Å². The zero-order valence-electron chi connectivity index (χ0n) is 9.65. The van der Waals surface area contributed by atoms with E-state index in [-0.39, 0.29) is 24.4 Å². The number of carbonyl (C=O) groups is 1. The van der Waals surface area contributed by atoms with Crippen LogP contribution in [0.2, 0.25) is 0 Å². The highest BCUT2D eigenvalue weighted by Gasteiger charge is 2.23. The second-order valence-corrected chi connectivity index (χ2v) is 5.30. The maximum Gasteiger partial charge on any atom is 0.254 e. The van der Waals surface area contributed by atoms with Crippen LogP contribution in [-0.4, -0.2) is 36.5 Å². The SMILES string of the molecule is C[C@@H]1CNCCN1C(=O)c1ccc(I)cc1.Cl. The minimum Gasteiger partial charge on any atom is -0.333 e. The highest BCUT2D eigenvalue weighted by Crippen LogP contribution is 2.12. The minimum absolute atomic E-state index is 0. The molecule has 1 fully saturated rings. The van der Waals surface area contributed by atoms with E-state index >= 15 is 0 Å². The summed E-state index contributed by atoms with van der Waals surface area (Å²) in [5.74, 6) is 0.144. The van der Waals surface area contributed by atoms with Crippen molar-refractivity contribution in [3.8, 4) is 0 Å². The van der Waals surface area contributed by atoms with Crippen molar-refractivity contribution in [1.29, 1.82) is 0 Å². The number of nitrogens with one attached hydrogen (secondary N) is 1. The van der Waals surface area contributed by atoms with E-state index in [1.165, 1.54) is 0 Å². The maximum atomic E-state index is 12.2. The Hall–Kier alpha value is -0.330. The van der Waals surface area contributed by atoms with Gasteiger partial charge in [0.05, 0.1) is 0 Å². The van der Waals surface area contributed by atoms with Crippen LogP contribution < -0.4 is 5.32 Å². The highest BCUT2D eigenvalue weighted by atomic mass is 127. The predicted molar refractivity (Wildman–Crippen MR) is 79.8 cm³/mol. The Labute approximate surface area is 122 Å². The largest absolute Gasteiger partial charge is 0.333 e. The summed E-state index contributed by atoms with van der Waals surface area (Å²) < 4.78 is 1.16. The molecule has 17 heavy (non-hydrogen) atoms. The second kappa shape index (κ2) is 6.56. The van der Waals surface area contributed by atoms with Crippen LogP contribution in [-0.2, 0) is 0 Å². The third-order valence-electron chi connectivity index (χ3n) is 2.85. The topological polar surface area (TPSA) is 32.3 Å². The van der Waals surface area contributed by atoms with Crippen molar-refractivity contribution >= 4 is 40.9 Å². The molecule has 0 saturated carbocycles. The molecule has 1 atom stereocenters. The molecule has 1 heterocycles. The van der Waals surface area contributed by atoms with E-state index in [1.807, 2.05) is 29.2 Å². The molecule has 0 spiro atoms. The van der Waals surface area contributed by atoms with Gasteiger partial charge in [0, 0.05) is 34.8 Å². The summed E-state index contributed by atoms with van der Waals surface area (Å²) in [6.45, 7) is 4.65. The molecule has 0 aromatic heterocycles. The molecule has 2 rings (SSSR count). The number of benzene rings is 1. The van der Waals surface area contributed by atoms with Crippen LogP contribution in [0.1, 0.15) is 17.3 Å². The van der Waals surface area contributed by atoms with Crippen molar-refractivity contribution in [2.75, 3.05) is 19.6 Å². The normalized spacial score (nSPS) is 19.6. The highest BCUT2D eigenvalue weighted by molar-refractivity contribution is 14.1. The van der Waals surface area contributed by atoms with Crippen LogP contribution in [0, 0.1) is 3.57 Å². The first-order chi connectivity index (χ1) is 7.68. The number of halogens is 2. The summed E-state index contributed by atoms with van der Waals surface area (Å²) in [5.41, 5.74) is 0.786. The predicted octanol–water partition coefficient (Wildman–Crippen LogP) is 2.15. The zero-order chi connectivity index (χ0) is 11.5. The maximum absolute atomic E-state index is 12.2. The molecule has 1 saturated heterocycles. The Balaban J connectivity index is 0.00000144. The molecule has 1 N–H and O–H groups in total. The molecule has 1 amide bonds. The molecule has 1 aliphatic heterocycles. The lowest BCUT2D eigenvalue weighted by atomic mass is 10.1. The molecule has 1 aliphatic rings. The van der Waals surface area contributed by atoms with E-state index in [0.717, 1.165) is 28.8 Å². The molecule has 0 unspecified atom stereocenters. The molecular weight excluding hydrogens is 351 g/mol. The zero-order valence-corrected chi connectivity index (χ0v) is 12.6. The van der Waals surface area contributed by atoms with Crippen LogP contribution in [0.3, 0.4) is 0 Å². The monoisotopic (exact) mass is 366 g/mol. The molecule has 0 aliphatic carbocycles. The van der Waals surface area contributed by atoms with Crippen LogP contribution in [0.5, 0.6) is 0 Å². The van der Waals surface area contributed by atoms with Gasteiger partial charge in [-0.1, -0.05) is 0 Å². The Morgan fingerprint density at radius 2 is 2.06 bits per heavy atom. The van der Waals surface area contributed by atoms with Crippen LogP contribution in [0.15, 0.2) is 24.3 Å². The summed E-state index contributed by atoms with van der Waals surface area (Å²) in [4.78, 5) is 14.2. The number of nitrogens with zero attached hydrogens (tertiary/aromatic N) is 1. The average molecular weight is 367 g/mol. The molecule has 0 radical (unpaired) electrons. The fourth-order valence-electron chi connectivity index (χ4n) is 1.90. The molecular formula is C12H16ClIN2O.